The Labute approximate surface area is 156 Å². The van der Waals surface area contributed by atoms with Crippen molar-refractivity contribution in [2.24, 2.45) is 0 Å². The van der Waals surface area contributed by atoms with Crippen molar-refractivity contribution in [3.63, 3.8) is 0 Å². The zero-order chi connectivity index (χ0) is 17.5. The molecule has 0 aliphatic carbocycles. The number of nitrogens with zero attached hydrogens (tertiary/aromatic N) is 1. The van der Waals surface area contributed by atoms with Gasteiger partial charge in [0.1, 0.15) is 0 Å². The van der Waals surface area contributed by atoms with Crippen LogP contribution in [0.2, 0.25) is 0 Å². The zero-order valence-electron chi connectivity index (χ0n) is 14.2. The maximum absolute atomic E-state index is 6.17. The molecule has 3 heteroatoms. The van der Waals surface area contributed by atoms with Gasteiger partial charge in [-0.1, -0.05) is 54.6 Å². The lowest BCUT2D eigenvalue weighted by atomic mass is 10.0. The third-order valence-corrected chi connectivity index (χ3v) is 5.74. The molecule has 0 saturated heterocycles. The number of fused-ring (bicyclic) bond motifs is 3. The highest BCUT2D eigenvalue weighted by Crippen LogP contribution is 2.35. The average Bonchev–Trinajstić information content (AvgIpc) is 3.24. The summed E-state index contributed by atoms with van der Waals surface area (Å²) >= 11 is 1.61. The van der Waals surface area contributed by atoms with Crippen molar-refractivity contribution in [1.82, 2.24) is 4.57 Å². The van der Waals surface area contributed by atoms with Gasteiger partial charge < -0.3 is 10.3 Å². The van der Waals surface area contributed by atoms with Crippen LogP contribution in [0.4, 0.5) is 5.00 Å². The lowest BCUT2D eigenvalue weighted by Gasteiger charge is -2.11. The van der Waals surface area contributed by atoms with Crippen LogP contribution in [0.5, 0.6) is 0 Å². The molecule has 5 rings (SSSR count). The number of thiophene rings is 1. The molecular weight excluding hydrogens is 336 g/mol. The van der Waals surface area contributed by atoms with Crippen LogP contribution >= 0.6 is 11.3 Å². The van der Waals surface area contributed by atoms with Crippen molar-refractivity contribution in [2.75, 3.05) is 5.73 Å². The fourth-order valence-electron chi connectivity index (χ4n) is 3.78. The number of hydrogen-bond acceptors (Lipinski definition) is 2. The maximum Gasteiger partial charge on any atom is 0.0892 e. The van der Waals surface area contributed by atoms with Crippen molar-refractivity contribution < 1.29 is 0 Å². The van der Waals surface area contributed by atoms with Crippen LogP contribution in [-0.4, -0.2) is 4.57 Å². The van der Waals surface area contributed by atoms with Crippen LogP contribution in [0.1, 0.15) is 11.1 Å². The fraction of sp³-hybridized carbons (Fsp3) is 0.0435. The molecule has 26 heavy (non-hydrogen) atoms. The first-order valence-corrected chi connectivity index (χ1v) is 9.59. The van der Waals surface area contributed by atoms with Crippen LogP contribution in [0.25, 0.3) is 27.5 Å². The third-order valence-electron chi connectivity index (χ3n) is 4.95. The molecule has 0 radical (unpaired) electrons. The summed E-state index contributed by atoms with van der Waals surface area (Å²) in [5.74, 6) is 0. The van der Waals surface area contributed by atoms with Gasteiger partial charge in [0.05, 0.1) is 16.0 Å². The summed E-state index contributed by atoms with van der Waals surface area (Å²) in [4.78, 5) is 0. The minimum Gasteiger partial charge on any atom is -0.390 e. The molecule has 3 aromatic carbocycles. The number of benzene rings is 3. The molecular formula is C23H18N2S. The molecule has 0 amide bonds. The Bertz CT molecular complexity index is 1220. The summed E-state index contributed by atoms with van der Waals surface area (Å²) in [6, 6.07) is 27.9. The van der Waals surface area contributed by atoms with E-state index in [1.54, 1.807) is 11.3 Å². The minimum atomic E-state index is 0.843. The Morgan fingerprint density at radius 2 is 1.50 bits per heavy atom. The van der Waals surface area contributed by atoms with Crippen molar-refractivity contribution in [2.45, 2.75) is 6.42 Å². The predicted octanol–water partition coefficient (Wildman–Crippen LogP) is 6.02. The molecule has 2 N–H and O–H groups in total. The van der Waals surface area contributed by atoms with E-state index >= 15 is 0 Å². The van der Waals surface area contributed by atoms with E-state index in [0.717, 1.165) is 11.4 Å². The van der Waals surface area contributed by atoms with E-state index in [0.29, 0.717) is 0 Å². The maximum atomic E-state index is 6.17. The van der Waals surface area contributed by atoms with Gasteiger partial charge in [-0.15, -0.1) is 11.3 Å². The first-order valence-electron chi connectivity index (χ1n) is 8.71. The first kappa shape index (κ1) is 15.2. The second-order valence-corrected chi connectivity index (χ2v) is 7.44. The molecule has 0 fully saturated rings. The largest absolute Gasteiger partial charge is 0.390 e. The Morgan fingerprint density at radius 1 is 0.731 bits per heavy atom. The summed E-state index contributed by atoms with van der Waals surface area (Å²) in [5, 5.41) is 5.55. The Hall–Kier alpha value is -3.04. The molecule has 2 nitrogen and oxygen atoms in total. The Balaban J connectivity index is 1.86. The lowest BCUT2D eigenvalue weighted by molar-refractivity contribution is 1.14. The quantitative estimate of drug-likeness (QED) is 0.422. The van der Waals surface area contributed by atoms with E-state index < -0.39 is 0 Å². The van der Waals surface area contributed by atoms with Gasteiger partial charge in [-0.3, -0.25) is 0 Å². The average molecular weight is 354 g/mol. The van der Waals surface area contributed by atoms with Gasteiger partial charge in [0.25, 0.3) is 0 Å². The smallest absolute Gasteiger partial charge is 0.0892 e. The number of nitrogen functional groups attached to an aromatic ring is 1. The number of aromatic nitrogens is 1. The van der Waals surface area contributed by atoms with Crippen LogP contribution < -0.4 is 5.73 Å². The van der Waals surface area contributed by atoms with Gasteiger partial charge in [-0.2, -0.15) is 0 Å². The predicted molar refractivity (Wildman–Crippen MR) is 112 cm³/mol. The van der Waals surface area contributed by atoms with Gasteiger partial charge in [0, 0.05) is 22.9 Å². The van der Waals surface area contributed by atoms with E-state index in [1.807, 2.05) is 0 Å². The van der Waals surface area contributed by atoms with Gasteiger partial charge in [0.15, 0.2) is 0 Å². The highest BCUT2D eigenvalue weighted by molar-refractivity contribution is 7.14. The SMILES string of the molecule is Nc1sccc1Cc1cccc2c3ccccc3n(-c3ccccc3)c12. The third kappa shape index (κ3) is 2.32. The second-order valence-electron chi connectivity index (χ2n) is 6.49. The zero-order valence-corrected chi connectivity index (χ0v) is 15.0. The number of rotatable bonds is 3. The van der Waals surface area contributed by atoms with E-state index in [1.165, 1.54) is 38.6 Å². The van der Waals surface area contributed by atoms with Gasteiger partial charge in [-0.25, -0.2) is 0 Å². The number of anilines is 1. The van der Waals surface area contributed by atoms with Crippen molar-refractivity contribution in [3.05, 3.63) is 95.4 Å². The second kappa shape index (κ2) is 6.04. The summed E-state index contributed by atoms with van der Waals surface area (Å²) in [5.41, 5.74) is 12.4. The van der Waals surface area contributed by atoms with E-state index in [4.69, 9.17) is 5.73 Å². The van der Waals surface area contributed by atoms with Crippen LogP contribution in [0, 0.1) is 0 Å². The topological polar surface area (TPSA) is 30.9 Å². The molecule has 2 heterocycles. The van der Waals surface area contributed by atoms with Crippen LogP contribution in [0.3, 0.4) is 0 Å². The molecule has 0 bridgehead atoms. The fourth-order valence-corrected chi connectivity index (χ4v) is 4.45. The molecule has 0 unspecified atom stereocenters. The number of hydrogen-bond donors (Lipinski definition) is 1. The van der Waals surface area contributed by atoms with Gasteiger partial charge >= 0.3 is 0 Å². The van der Waals surface area contributed by atoms with Crippen molar-refractivity contribution >= 4 is 38.1 Å². The van der Waals surface area contributed by atoms with Crippen molar-refractivity contribution in [1.29, 1.82) is 0 Å². The summed E-state index contributed by atoms with van der Waals surface area (Å²) in [6.45, 7) is 0. The monoisotopic (exact) mass is 354 g/mol. The number of nitrogens with two attached hydrogens (primary N) is 1. The molecule has 5 aromatic rings. The van der Waals surface area contributed by atoms with E-state index in [9.17, 15) is 0 Å². The molecule has 0 aliphatic heterocycles. The summed E-state index contributed by atoms with van der Waals surface area (Å²) < 4.78 is 2.38. The van der Waals surface area contributed by atoms with Gasteiger partial charge in [-0.05, 0) is 40.8 Å². The molecule has 0 spiro atoms. The van der Waals surface area contributed by atoms with Crippen molar-refractivity contribution in [3.8, 4) is 5.69 Å². The van der Waals surface area contributed by atoms with Gasteiger partial charge in [0.2, 0.25) is 0 Å². The minimum absolute atomic E-state index is 0.843. The highest BCUT2D eigenvalue weighted by Gasteiger charge is 2.15. The van der Waals surface area contributed by atoms with Crippen LogP contribution in [0.15, 0.2) is 84.2 Å². The molecule has 0 aliphatic rings. The lowest BCUT2D eigenvalue weighted by Crippen LogP contribution is -1.98. The molecule has 126 valence electrons. The van der Waals surface area contributed by atoms with E-state index in [-0.39, 0.29) is 0 Å². The normalized spacial score (nSPS) is 11.4. The Morgan fingerprint density at radius 3 is 2.31 bits per heavy atom. The molecule has 0 atom stereocenters. The van der Waals surface area contributed by atoms with E-state index in [2.05, 4.69) is 88.8 Å². The molecule has 0 saturated carbocycles. The Kier molecular flexibility index (Phi) is 3.54. The highest BCUT2D eigenvalue weighted by atomic mass is 32.1. The summed E-state index contributed by atoms with van der Waals surface area (Å²) in [7, 11) is 0. The number of para-hydroxylation sites is 3. The molecule has 2 aromatic heterocycles. The standard InChI is InChI=1S/C23H18N2S/c24-23-17(13-14-26-23)15-16-7-6-11-20-19-10-4-5-12-21(19)25(22(16)20)18-8-2-1-3-9-18/h1-14H,15,24H2. The summed E-state index contributed by atoms with van der Waals surface area (Å²) in [6.07, 6.45) is 0.843. The first-order chi connectivity index (χ1) is 12.8. The van der Waals surface area contributed by atoms with Crippen LogP contribution in [-0.2, 0) is 6.42 Å².